The molecule has 0 N–H and O–H groups in total. The molecular weight excluding hydrogens is 854 g/mol. The summed E-state index contributed by atoms with van der Waals surface area (Å²) in [5.74, 6) is 0. The fourth-order valence-electron chi connectivity index (χ4n) is 9.36. The zero-order valence-corrected chi connectivity index (χ0v) is 42.3. The first-order valence-corrected chi connectivity index (χ1v) is 25.2. The van der Waals surface area contributed by atoms with Gasteiger partial charge in [-0.25, -0.2) is 0 Å². The van der Waals surface area contributed by atoms with Crippen LogP contribution in [-0.2, 0) is 29.1 Å². The first-order valence-electron chi connectivity index (χ1n) is 23.9. The molecule has 0 bridgehead atoms. The number of nitrogens with zero attached hydrogens (tertiary/aromatic N) is 3. The third kappa shape index (κ3) is 9.57. The number of para-hydroxylation sites is 2. The van der Waals surface area contributed by atoms with Crippen LogP contribution in [0.2, 0.25) is 5.02 Å². The predicted octanol–water partition coefficient (Wildman–Crippen LogP) is 19.2. The molecule has 0 aliphatic heterocycles. The number of fused-ring (bicyclic) bond motifs is 1. The smallest absolute Gasteiger partial charge is 0.0887 e. The topological polar surface area (TPSA) is 9.72 Å². The molecule has 0 saturated carbocycles. The van der Waals surface area contributed by atoms with Gasteiger partial charge in [-0.3, -0.25) is 0 Å². The third-order valence-corrected chi connectivity index (χ3v) is 14.7. The monoisotopic (exact) mass is 917 g/mol. The van der Waals surface area contributed by atoms with Crippen molar-refractivity contribution in [2.75, 3.05) is 14.7 Å². The lowest BCUT2D eigenvalue weighted by molar-refractivity contribution is 0.590. The molecule has 0 spiro atoms. The molecule has 1 aromatic heterocycles. The SMILES string of the molecule is CC(C)(C)c1ccc(N(c2cccc(N(c3ccccc3)c3cc(C(C)(C)C)cc(N(c4ccccc4)c4csc5c4CCCC5)c3Cl)c2)c2ccc(C(C)(C)C)cc2-c2ccccc2)cc1. The van der Waals surface area contributed by atoms with Gasteiger partial charge in [-0.1, -0.05) is 165 Å². The van der Waals surface area contributed by atoms with Crippen molar-refractivity contribution in [3.8, 4) is 11.1 Å². The molecule has 0 atom stereocenters. The molecule has 340 valence electrons. The van der Waals surface area contributed by atoms with Crippen LogP contribution >= 0.6 is 22.9 Å². The molecule has 0 unspecified atom stereocenters. The van der Waals surface area contributed by atoms with Gasteiger partial charge in [-0.15, -0.1) is 11.3 Å². The van der Waals surface area contributed by atoms with Crippen LogP contribution in [-0.4, -0.2) is 0 Å². The zero-order valence-electron chi connectivity index (χ0n) is 40.7. The van der Waals surface area contributed by atoms with Crippen LogP contribution in [0.1, 0.15) is 102 Å². The van der Waals surface area contributed by atoms with Crippen LogP contribution < -0.4 is 14.7 Å². The van der Waals surface area contributed by atoms with Gasteiger partial charge in [0.1, 0.15) is 0 Å². The number of halogens is 1. The summed E-state index contributed by atoms with van der Waals surface area (Å²) < 4.78 is 0. The van der Waals surface area contributed by atoms with Crippen molar-refractivity contribution in [3.63, 3.8) is 0 Å². The van der Waals surface area contributed by atoms with Gasteiger partial charge in [0.15, 0.2) is 0 Å². The van der Waals surface area contributed by atoms with E-state index in [-0.39, 0.29) is 16.2 Å². The van der Waals surface area contributed by atoms with Gasteiger partial charge in [-0.05, 0) is 149 Å². The molecule has 5 heteroatoms. The number of hydrogen-bond donors (Lipinski definition) is 0. The van der Waals surface area contributed by atoms with E-state index >= 15 is 0 Å². The molecule has 1 heterocycles. The second kappa shape index (κ2) is 18.5. The van der Waals surface area contributed by atoms with E-state index in [1.165, 1.54) is 56.8 Å². The van der Waals surface area contributed by atoms with Crippen LogP contribution in [0.5, 0.6) is 0 Å². The fraction of sp³-hybridized carbons (Fsp3) is 0.258. The Morgan fingerprint density at radius 2 is 0.881 bits per heavy atom. The normalized spacial score (nSPS) is 13.0. The van der Waals surface area contributed by atoms with E-state index in [9.17, 15) is 0 Å². The van der Waals surface area contributed by atoms with Crippen LogP contribution in [0.25, 0.3) is 11.1 Å². The van der Waals surface area contributed by atoms with Crippen molar-refractivity contribution in [1.82, 2.24) is 0 Å². The summed E-state index contributed by atoms with van der Waals surface area (Å²) in [5.41, 5.74) is 16.9. The van der Waals surface area contributed by atoms with Crippen molar-refractivity contribution in [3.05, 3.63) is 207 Å². The Balaban J connectivity index is 1.29. The van der Waals surface area contributed by atoms with Gasteiger partial charge in [0.2, 0.25) is 0 Å². The Morgan fingerprint density at radius 3 is 1.46 bits per heavy atom. The van der Waals surface area contributed by atoms with E-state index in [2.05, 4.69) is 252 Å². The third-order valence-electron chi connectivity index (χ3n) is 13.2. The molecule has 1 aliphatic carbocycles. The van der Waals surface area contributed by atoms with Gasteiger partial charge < -0.3 is 14.7 Å². The summed E-state index contributed by atoms with van der Waals surface area (Å²) in [7, 11) is 0. The molecule has 9 rings (SSSR count). The molecule has 1 aliphatic rings. The standard InChI is InChI=1S/C62H64ClN3S/c1-60(2,3)44-32-35-49(36-33-44)64(54-37-34-45(61(4,5)6)38-53(54)43-22-13-10-14-23-43)50-28-21-29-51(41-50)65(47-24-15-11-16-25-47)55-39-46(62(7,8)9)40-56(59(55)63)66(48-26-17-12-18-27-48)57-42-67-58-31-20-19-30-52(57)58/h10-18,21-29,32-42H,19-20,30-31H2,1-9H3. The van der Waals surface area contributed by atoms with Gasteiger partial charge in [0.25, 0.3) is 0 Å². The molecule has 8 aromatic rings. The molecule has 0 radical (unpaired) electrons. The summed E-state index contributed by atoms with van der Waals surface area (Å²) >= 11 is 9.96. The van der Waals surface area contributed by atoms with Crippen molar-refractivity contribution in [1.29, 1.82) is 0 Å². The van der Waals surface area contributed by atoms with E-state index in [1.807, 2.05) is 11.3 Å². The minimum atomic E-state index is -0.183. The molecule has 0 amide bonds. The number of hydrogen-bond acceptors (Lipinski definition) is 4. The Morgan fingerprint density at radius 1 is 0.403 bits per heavy atom. The summed E-state index contributed by atoms with van der Waals surface area (Å²) in [6.45, 7) is 20.6. The molecular formula is C62H64ClN3S. The second-order valence-electron chi connectivity index (χ2n) is 21.2. The Kier molecular flexibility index (Phi) is 12.7. The Bertz CT molecular complexity index is 2970. The van der Waals surface area contributed by atoms with Crippen LogP contribution in [0, 0.1) is 0 Å². The van der Waals surface area contributed by atoms with Crippen molar-refractivity contribution < 1.29 is 0 Å². The van der Waals surface area contributed by atoms with Crippen LogP contribution in [0.15, 0.2) is 175 Å². The lowest BCUT2D eigenvalue weighted by Gasteiger charge is -2.34. The highest BCUT2D eigenvalue weighted by Crippen LogP contribution is 2.52. The molecule has 0 saturated heterocycles. The van der Waals surface area contributed by atoms with E-state index < -0.39 is 0 Å². The van der Waals surface area contributed by atoms with Crippen molar-refractivity contribution in [2.24, 2.45) is 0 Å². The minimum absolute atomic E-state index is 0.0155. The van der Waals surface area contributed by atoms with Crippen LogP contribution in [0.3, 0.4) is 0 Å². The number of benzene rings is 7. The fourth-order valence-corrected chi connectivity index (χ4v) is 10.8. The van der Waals surface area contributed by atoms with E-state index in [4.69, 9.17) is 11.6 Å². The quantitative estimate of drug-likeness (QED) is 0.135. The summed E-state index contributed by atoms with van der Waals surface area (Å²) in [4.78, 5) is 8.72. The zero-order chi connectivity index (χ0) is 47.1. The van der Waals surface area contributed by atoms with Crippen molar-refractivity contribution in [2.45, 2.75) is 104 Å². The maximum absolute atomic E-state index is 8.07. The second-order valence-corrected chi connectivity index (χ2v) is 22.5. The first-order chi connectivity index (χ1) is 32.1. The van der Waals surface area contributed by atoms with E-state index in [0.717, 1.165) is 58.3 Å². The lowest BCUT2D eigenvalue weighted by Crippen LogP contribution is -2.19. The maximum Gasteiger partial charge on any atom is 0.0887 e. The van der Waals surface area contributed by atoms with Gasteiger partial charge >= 0.3 is 0 Å². The van der Waals surface area contributed by atoms with Gasteiger partial charge in [-0.2, -0.15) is 0 Å². The Labute approximate surface area is 409 Å². The molecule has 3 nitrogen and oxygen atoms in total. The summed E-state index contributed by atoms with van der Waals surface area (Å²) in [6, 6.07) is 62.1. The molecule has 0 fully saturated rings. The lowest BCUT2D eigenvalue weighted by atomic mass is 9.84. The average molecular weight is 919 g/mol. The van der Waals surface area contributed by atoms with Gasteiger partial charge in [0.05, 0.1) is 27.8 Å². The number of anilines is 9. The highest BCUT2D eigenvalue weighted by atomic mass is 35.5. The first kappa shape index (κ1) is 46.1. The highest BCUT2D eigenvalue weighted by molar-refractivity contribution is 7.10. The largest absolute Gasteiger partial charge is 0.310 e. The minimum Gasteiger partial charge on any atom is -0.310 e. The maximum atomic E-state index is 8.07. The van der Waals surface area contributed by atoms with Gasteiger partial charge in [0, 0.05) is 44.3 Å². The van der Waals surface area contributed by atoms with Crippen molar-refractivity contribution >= 4 is 74.1 Å². The summed E-state index contributed by atoms with van der Waals surface area (Å²) in [5, 5.41) is 3.06. The average Bonchev–Trinajstić information content (AvgIpc) is 3.74. The molecule has 7 aromatic carbocycles. The Hall–Kier alpha value is -6.07. The number of aryl methyl sites for hydroxylation is 1. The van der Waals surface area contributed by atoms with E-state index in [0.29, 0.717) is 5.02 Å². The van der Waals surface area contributed by atoms with Crippen LogP contribution in [0.4, 0.5) is 51.2 Å². The number of thiophene rings is 1. The highest BCUT2D eigenvalue weighted by Gasteiger charge is 2.30. The number of rotatable bonds is 10. The predicted molar refractivity (Wildman–Crippen MR) is 292 cm³/mol. The molecule has 67 heavy (non-hydrogen) atoms. The summed E-state index contributed by atoms with van der Waals surface area (Å²) in [6.07, 6.45) is 4.64. The van der Waals surface area contributed by atoms with E-state index in [1.54, 1.807) is 0 Å².